The molecule has 0 heterocycles. The van der Waals surface area contributed by atoms with E-state index in [0.29, 0.717) is 18.4 Å². The lowest BCUT2D eigenvalue weighted by atomic mass is 10.2. The molecule has 0 amide bonds. The van der Waals surface area contributed by atoms with Crippen LogP contribution in [0.3, 0.4) is 0 Å². The van der Waals surface area contributed by atoms with Crippen LogP contribution >= 0.6 is 0 Å². The molecule has 0 aliphatic heterocycles. The summed E-state index contributed by atoms with van der Waals surface area (Å²) >= 11 is 0. The lowest BCUT2D eigenvalue weighted by Crippen LogP contribution is -2.07. The van der Waals surface area contributed by atoms with E-state index in [0.717, 1.165) is 12.5 Å². The maximum atomic E-state index is 10.3. The van der Waals surface area contributed by atoms with Crippen molar-refractivity contribution in [1.82, 2.24) is 0 Å². The number of carbonyl (C=O) groups excluding carboxylic acids is 1. The third kappa shape index (κ3) is 32.9. The summed E-state index contributed by atoms with van der Waals surface area (Å²) in [7, 11) is 0. The molecule has 0 aliphatic rings. The fourth-order valence-corrected chi connectivity index (χ4v) is 0.840. The summed E-state index contributed by atoms with van der Waals surface area (Å²) in [5.41, 5.74) is 0.738. The fourth-order valence-electron chi connectivity index (χ4n) is 0.840. The number of rotatable bonds is 8. The highest BCUT2D eigenvalue weighted by Crippen LogP contribution is 1.99. The number of carboxylic acid groups (broad SMARTS) is 3. The summed E-state index contributed by atoms with van der Waals surface area (Å²) in [4.78, 5) is 39.7. The van der Waals surface area contributed by atoms with E-state index in [9.17, 15) is 19.2 Å². The molecule has 0 unspecified atom stereocenters. The zero-order chi connectivity index (χ0) is 24.2. The summed E-state index contributed by atoms with van der Waals surface area (Å²) in [5.74, 6) is -3.08. The van der Waals surface area contributed by atoms with Gasteiger partial charge in [-0.05, 0) is 33.6 Å². The Morgan fingerprint density at radius 3 is 1.34 bits per heavy atom. The highest BCUT2D eigenvalue weighted by atomic mass is 16.5. The van der Waals surface area contributed by atoms with Crippen molar-refractivity contribution in [2.24, 2.45) is 0 Å². The van der Waals surface area contributed by atoms with Gasteiger partial charge in [0.05, 0.1) is 6.10 Å². The molecule has 0 fully saturated rings. The minimum atomic E-state index is -0.935. The molecule has 0 aromatic carbocycles. The van der Waals surface area contributed by atoms with E-state index in [1.54, 1.807) is 20.8 Å². The Morgan fingerprint density at radius 1 is 0.897 bits per heavy atom. The highest BCUT2D eigenvalue weighted by Gasteiger charge is 1.99. The summed E-state index contributed by atoms with van der Waals surface area (Å²) in [6.07, 6.45) is 3.08. The van der Waals surface area contributed by atoms with Crippen LogP contribution in [0.25, 0.3) is 0 Å². The zero-order valence-electron chi connectivity index (χ0n) is 18.0. The second kappa shape index (κ2) is 21.1. The maximum Gasteiger partial charge on any atom is 0.330 e. The summed E-state index contributed by atoms with van der Waals surface area (Å²) in [5, 5.41) is 24.2. The van der Waals surface area contributed by atoms with Crippen molar-refractivity contribution in [3.8, 4) is 0 Å². The summed E-state index contributed by atoms with van der Waals surface area (Å²) in [6, 6.07) is 0. The van der Waals surface area contributed by atoms with Gasteiger partial charge in [0, 0.05) is 22.8 Å². The Kier molecular flexibility index (Phi) is 24.4. The molecular formula is C21H34O8. The summed E-state index contributed by atoms with van der Waals surface area (Å²) in [6.45, 7) is 21.7. The molecule has 0 aromatic heterocycles. The number of ether oxygens (including phenoxy) is 1. The molecule has 29 heavy (non-hydrogen) atoms. The Hall–Kier alpha value is -3.16. The monoisotopic (exact) mass is 414 g/mol. The van der Waals surface area contributed by atoms with E-state index >= 15 is 0 Å². The van der Waals surface area contributed by atoms with E-state index in [2.05, 4.69) is 31.1 Å². The molecule has 3 N–H and O–H groups in total. The molecule has 8 heteroatoms. The minimum Gasteiger partial charge on any atom is -0.478 e. The van der Waals surface area contributed by atoms with Crippen LogP contribution in [0, 0.1) is 0 Å². The maximum absolute atomic E-state index is 10.3. The lowest BCUT2D eigenvalue weighted by Gasteiger charge is -2.02. The van der Waals surface area contributed by atoms with Crippen LogP contribution in [0.15, 0.2) is 49.1 Å². The van der Waals surface area contributed by atoms with E-state index in [1.165, 1.54) is 6.92 Å². The minimum absolute atomic E-state index is 0.0412. The Bertz CT molecular complexity index is 573. The SMILES string of the molecule is C=C(C)C(=O)O.C=C(CC)C(=O)O.C=C(CCC)C(=O)O.C=CC(=O)OC(C)C. The number of carboxylic acids is 3. The van der Waals surface area contributed by atoms with Crippen LogP contribution in [0.1, 0.15) is 53.9 Å². The summed E-state index contributed by atoms with van der Waals surface area (Å²) < 4.78 is 4.64. The van der Waals surface area contributed by atoms with Gasteiger partial charge in [-0.2, -0.15) is 0 Å². The number of aliphatic carboxylic acids is 3. The molecular weight excluding hydrogens is 380 g/mol. The van der Waals surface area contributed by atoms with Crippen molar-refractivity contribution >= 4 is 23.9 Å². The van der Waals surface area contributed by atoms with Gasteiger partial charge in [-0.25, -0.2) is 19.2 Å². The third-order valence-corrected chi connectivity index (χ3v) is 2.47. The van der Waals surface area contributed by atoms with Crippen LogP contribution in [0.4, 0.5) is 0 Å². The molecule has 0 atom stereocenters. The van der Waals surface area contributed by atoms with Crippen molar-refractivity contribution < 1.29 is 39.2 Å². The van der Waals surface area contributed by atoms with Crippen molar-refractivity contribution in [2.75, 3.05) is 0 Å². The van der Waals surface area contributed by atoms with Gasteiger partial charge in [-0.15, -0.1) is 0 Å². The second-order valence-electron chi connectivity index (χ2n) is 5.70. The highest BCUT2D eigenvalue weighted by molar-refractivity contribution is 5.86. The number of hydrogen-bond donors (Lipinski definition) is 3. The first-order chi connectivity index (χ1) is 13.2. The molecule has 0 rings (SSSR count). The molecule has 166 valence electrons. The lowest BCUT2D eigenvalue weighted by molar-refractivity contribution is -0.141. The quantitative estimate of drug-likeness (QED) is 0.396. The van der Waals surface area contributed by atoms with E-state index < -0.39 is 17.9 Å². The first-order valence-corrected chi connectivity index (χ1v) is 8.71. The van der Waals surface area contributed by atoms with Gasteiger partial charge in [0.1, 0.15) is 0 Å². The number of hydrogen-bond acceptors (Lipinski definition) is 5. The fraction of sp³-hybridized carbons (Fsp3) is 0.429. The molecule has 0 spiro atoms. The van der Waals surface area contributed by atoms with Crippen LogP contribution in [-0.2, 0) is 23.9 Å². The second-order valence-corrected chi connectivity index (χ2v) is 5.70. The van der Waals surface area contributed by atoms with E-state index in [1.807, 2.05) is 6.92 Å². The average molecular weight is 414 g/mol. The van der Waals surface area contributed by atoms with Crippen molar-refractivity contribution in [3.05, 3.63) is 49.1 Å². The smallest absolute Gasteiger partial charge is 0.330 e. The van der Waals surface area contributed by atoms with Crippen molar-refractivity contribution in [3.63, 3.8) is 0 Å². The van der Waals surface area contributed by atoms with Gasteiger partial charge in [0.2, 0.25) is 0 Å². The third-order valence-electron chi connectivity index (χ3n) is 2.47. The predicted molar refractivity (Wildman–Crippen MR) is 113 cm³/mol. The Morgan fingerprint density at radius 2 is 1.28 bits per heavy atom. The molecule has 8 nitrogen and oxygen atoms in total. The molecule has 0 bridgehead atoms. The van der Waals surface area contributed by atoms with Crippen LogP contribution in [0.5, 0.6) is 0 Å². The van der Waals surface area contributed by atoms with E-state index in [-0.39, 0.29) is 23.2 Å². The van der Waals surface area contributed by atoms with Gasteiger partial charge < -0.3 is 20.1 Å². The number of carbonyl (C=O) groups is 4. The van der Waals surface area contributed by atoms with Crippen molar-refractivity contribution in [1.29, 1.82) is 0 Å². The molecule has 0 saturated carbocycles. The van der Waals surface area contributed by atoms with E-state index in [4.69, 9.17) is 15.3 Å². The van der Waals surface area contributed by atoms with Gasteiger partial charge >= 0.3 is 23.9 Å². The molecule has 0 aromatic rings. The first kappa shape index (κ1) is 33.4. The topological polar surface area (TPSA) is 138 Å². The largest absolute Gasteiger partial charge is 0.478 e. The van der Waals surface area contributed by atoms with Crippen LogP contribution in [-0.4, -0.2) is 45.3 Å². The van der Waals surface area contributed by atoms with Crippen LogP contribution in [0.2, 0.25) is 0 Å². The van der Waals surface area contributed by atoms with Crippen molar-refractivity contribution in [2.45, 2.75) is 60.0 Å². The van der Waals surface area contributed by atoms with Gasteiger partial charge in [-0.3, -0.25) is 0 Å². The van der Waals surface area contributed by atoms with Crippen LogP contribution < -0.4 is 0 Å². The van der Waals surface area contributed by atoms with Gasteiger partial charge in [0.15, 0.2) is 0 Å². The first-order valence-electron chi connectivity index (χ1n) is 8.71. The molecule has 0 saturated heterocycles. The Labute approximate surface area is 172 Å². The Balaban J connectivity index is -0.000000145. The predicted octanol–water partition coefficient (Wildman–Crippen LogP) is 4.24. The number of esters is 1. The average Bonchev–Trinajstić information content (AvgIpc) is 2.61. The van der Waals surface area contributed by atoms with Gasteiger partial charge in [-0.1, -0.05) is 46.6 Å². The van der Waals surface area contributed by atoms with Gasteiger partial charge in [0.25, 0.3) is 0 Å². The molecule has 0 aliphatic carbocycles. The molecule has 0 radical (unpaired) electrons. The zero-order valence-corrected chi connectivity index (χ0v) is 18.0. The standard InChI is InChI=1S/2C6H10O2.C5H8O2.C4H6O2/c1-4-6(7)8-5(2)3;1-3-4-5(2)6(7)8;1-3-4(2)5(6)7;1-3(2)4(5)6/h4-5H,1H2,2-3H3;2-4H2,1H3,(H,7,8);2-3H2,1H3,(H,6,7);1H2,2H3,(H,5,6). The normalized spacial score (nSPS) is 8.34.